The number of aliphatic hydroxyl groups is 1. The highest BCUT2D eigenvalue weighted by atomic mass is 32.2. The highest BCUT2D eigenvalue weighted by molar-refractivity contribution is 7.87. The van der Waals surface area contributed by atoms with E-state index in [1.165, 1.54) is 24.3 Å². The summed E-state index contributed by atoms with van der Waals surface area (Å²) in [6, 6.07) is 10.6. The van der Waals surface area contributed by atoms with Gasteiger partial charge in [0.05, 0.1) is 11.0 Å². The Morgan fingerprint density at radius 3 is 2.69 bits per heavy atom. The average molecular weight is 504 g/mol. The quantitative estimate of drug-likeness (QED) is 0.209. The zero-order chi connectivity index (χ0) is 24.7. The lowest BCUT2D eigenvalue weighted by atomic mass is 10.0. The Morgan fingerprint density at radius 2 is 1.94 bits per heavy atom. The Hall–Kier alpha value is -3.35. The van der Waals surface area contributed by atoms with Gasteiger partial charge in [0.2, 0.25) is 5.95 Å². The molecule has 1 saturated heterocycles. The number of amides is 2. The average Bonchev–Trinajstić information content (AvgIpc) is 3.25. The highest BCUT2D eigenvalue weighted by Crippen LogP contribution is 2.25. The van der Waals surface area contributed by atoms with Crippen molar-refractivity contribution in [2.45, 2.75) is 24.2 Å². The van der Waals surface area contributed by atoms with Crippen molar-refractivity contribution >= 4 is 38.8 Å². The maximum Gasteiger partial charge on any atom is 0.339 e. The molecule has 2 aromatic carbocycles. The minimum absolute atomic E-state index is 0.0196. The number of anilines is 2. The van der Waals surface area contributed by atoms with Crippen LogP contribution in [0.25, 0.3) is 11.0 Å². The maximum absolute atomic E-state index is 12.8. The molecule has 1 aromatic heterocycles. The molecule has 5 N–H and O–H groups in total. The molecule has 3 aromatic rings. The number of imidazole rings is 1. The normalized spacial score (nSPS) is 14.5. The van der Waals surface area contributed by atoms with Crippen LogP contribution in [0.1, 0.15) is 19.3 Å². The summed E-state index contributed by atoms with van der Waals surface area (Å²) in [6.07, 6.45) is 2.48. The molecular weight excluding hydrogens is 474 g/mol. The smallest absolute Gasteiger partial charge is 0.339 e. The molecule has 2 amide bonds. The number of benzene rings is 2. The molecule has 12 heteroatoms. The Morgan fingerprint density at radius 1 is 1.17 bits per heavy atom. The predicted molar refractivity (Wildman–Crippen MR) is 131 cm³/mol. The SMILES string of the molecule is O=C(NCCCO)Nc1nc2ccc(OS(=O)(=O)c3ccc(NCC4CCOCC4)cc3)cc2[nH]1. The molecular formula is C23H29N5O6S. The summed E-state index contributed by atoms with van der Waals surface area (Å²) in [5.74, 6) is 0.858. The fraction of sp³-hybridized carbons (Fsp3) is 0.391. The van der Waals surface area contributed by atoms with Gasteiger partial charge in [0, 0.05) is 44.7 Å². The number of aromatic amines is 1. The third kappa shape index (κ3) is 6.84. The zero-order valence-electron chi connectivity index (χ0n) is 19.1. The van der Waals surface area contributed by atoms with Crippen LogP contribution in [0.15, 0.2) is 47.4 Å². The van der Waals surface area contributed by atoms with Gasteiger partial charge in [-0.2, -0.15) is 8.42 Å². The lowest BCUT2D eigenvalue weighted by Crippen LogP contribution is -2.30. The molecule has 4 rings (SSSR count). The Labute approximate surface area is 203 Å². The standard InChI is InChI=1S/C23H29N5O6S/c29-11-1-10-24-23(30)28-22-26-20-7-4-18(14-21(20)27-22)34-35(31,32)19-5-2-17(3-6-19)25-15-16-8-12-33-13-9-16/h2-7,14,16,25,29H,1,8-13,15H2,(H3,24,26,27,28,30). The van der Waals surface area contributed by atoms with Crippen molar-refractivity contribution in [1.82, 2.24) is 15.3 Å². The van der Waals surface area contributed by atoms with Gasteiger partial charge >= 0.3 is 16.1 Å². The third-order valence-corrected chi connectivity index (χ3v) is 6.85. The second-order valence-electron chi connectivity index (χ2n) is 8.22. The second-order valence-corrected chi connectivity index (χ2v) is 9.77. The van der Waals surface area contributed by atoms with E-state index in [9.17, 15) is 13.2 Å². The van der Waals surface area contributed by atoms with Crippen molar-refractivity contribution in [2.24, 2.45) is 5.92 Å². The summed E-state index contributed by atoms with van der Waals surface area (Å²) in [5, 5.41) is 17.2. The molecule has 35 heavy (non-hydrogen) atoms. The first-order chi connectivity index (χ1) is 16.9. The molecule has 2 heterocycles. The Balaban J connectivity index is 1.36. The number of aromatic nitrogens is 2. The van der Waals surface area contributed by atoms with Gasteiger partial charge in [0.25, 0.3) is 0 Å². The van der Waals surface area contributed by atoms with E-state index in [0.29, 0.717) is 29.9 Å². The van der Waals surface area contributed by atoms with Crippen LogP contribution < -0.4 is 20.1 Å². The predicted octanol–water partition coefficient (Wildman–Crippen LogP) is 2.67. The molecule has 188 valence electrons. The number of ether oxygens (including phenoxy) is 1. The lowest BCUT2D eigenvalue weighted by molar-refractivity contribution is 0.0699. The van der Waals surface area contributed by atoms with Crippen LogP contribution in [0, 0.1) is 5.92 Å². The molecule has 11 nitrogen and oxygen atoms in total. The van der Waals surface area contributed by atoms with Crippen LogP contribution in [0.4, 0.5) is 16.4 Å². The van der Waals surface area contributed by atoms with Crippen molar-refractivity contribution in [1.29, 1.82) is 0 Å². The van der Waals surface area contributed by atoms with E-state index < -0.39 is 16.1 Å². The highest BCUT2D eigenvalue weighted by Gasteiger charge is 2.18. The van der Waals surface area contributed by atoms with E-state index >= 15 is 0 Å². The first-order valence-electron chi connectivity index (χ1n) is 11.4. The van der Waals surface area contributed by atoms with Gasteiger partial charge in [-0.15, -0.1) is 0 Å². The van der Waals surface area contributed by atoms with Crippen molar-refractivity contribution in [3.05, 3.63) is 42.5 Å². The van der Waals surface area contributed by atoms with Gasteiger partial charge in [-0.1, -0.05) is 0 Å². The van der Waals surface area contributed by atoms with E-state index in [-0.39, 0.29) is 23.2 Å². The first-order valence-corrected chi connectivity index (χ1v) is 12.9. The number of carbonyl (C=O) groups excluding carboxylic acids is 1. The molecule has 1 aliphatic rings. The minimum atomic E-state index is -4.04. The van der Waals surface area contributed by atoms with Crippen LogP contribution in [0.3, 0.4) is 0 Å². The Bertz CT molecular complexity index is 1240. The summed E-state index contributed by atoms with van der Waals surface area (Å²) >= 11 is 0. The minimum Gasteiger partial charge on any atom is -0.396 e. The summed E-state index contributed by atoms with van der Waals surface area (Å²) in [7, 11) is -4.04. The number of H-pyrrole nitrogens is 1. The molecule has 0 spiro atoms. The van der Waals surface area contributed by atoms with E-state index in [4.69, 9.17) is 14.0 Å². The second kappa shape index (κ2) is 11.4. The summed E-state index contributed by atoms with van der Waals surface area (Å²) in [5.41, 5.74) is 1.87. The number of aliphatic hydroxyl groups excluding tert-OH is 1. The van der Waals surface area contributed by atoms with Gasteiger partial charge in [-0.25, -0.2) is 9.78 Å². The van der Waals surface area contributed by atoms with Crippen LogP contribution in [0.2, 0.25) is 0 Å². The van der Waals surface area contributed by atoms with Crippen molar-refractivity contribution in [2.75, 3.05) is 43.5 Å². The summed E-state index contributed by atoms with van der Waals surface area (Å²) in [6.45, 7) is 2.69. The van der Waals surface area contributed by atoms with E-state index in [0.717, 1.165) is 38.3 Å². The van der Waals surface area contributed by atoms with Crippen LogP contribution >= 0.6 is 0 Å². The van der Waals surface area contributed by atoms with Crippen molar-refractivity contribution in [3.8, 4) is 5.75 Å². The molecule has 0 aliphatic carbocycles. The lowest BCUT2D eigenvalue weighted by Gasteiger charge is -2.22. The van der Waals surface area contributed by atoms with Crippen LogP contribution in [-0.4, -0.2) is 62.4 Å². The van der Waals surface area contributed by atoms with Gasteiger partial charge in [0.15, 0.2) is 0 Å². The Kier molecular flexibility index (Phi) is 8.06. The monoisotopic (exact) mass is 503 g/mol. The number of hydrogen-bond donors (Lipinski definition) is 5. The fourth-order valence-corrected chi connectivity index (χ4v) is 4.58. The first kappa shape index (κ1) is 24.8. The van der Waals surface area contributed by atoms with Crippen LogP contribution in [0.5, 0.6) is 5.75 Å². The molecule has 1 fully saturated rings. The number of hydrogen-bond acceptors (Lipinski definition) is 8. The van der Waals surface area contributed by atoms with Gasteiger partial charge in [0.1, 0.15) is 10.6 Å². The topological polar surface area (TPSA) is 155 Å². The van der Waals surface area contributed by atoms with Crippen LogP contribution in [-0.2, 0) is 14.9 Å². The van der Waals surface area contributed by atoms with E-state index in [1.807, 2.05) is 0 Å². The number of nitrogens with zero attached hydrogens (tertiary/aromatic N) is 1. The number of carbonyl (C=O) groups is 1. The third-order valence-electron chi connectivity index (χ3n) is 5.59. The van der Waals surface area contributed by atoms with Gasteiger partial charge in [-0.3, -0.25) is 5.32 Å². The molecule has 0 radical (unpaired) electrons. The van der Waals surface area contributed by atoms with Crippen molar-refractivity contribution < 1.29 is 27.2 Å². The van der Waals surface area contributed by atoms with E-state index in [2.05, 4.69) is 25.9 Å². The largest absolute Gasteiger partial charge is 0.396 e. The number of fused-ring (bicyclic) bond motifs is 1. The molecule has 0 saturated carbocycles. The molecule has 0 atom stereocenters. The van der Waals surface area contributed by atoms with E-state index in [1.54, 1.807) is 18.2 Å². The molecule has 1 aliphatic heterocycles. The van der Waals surface area contributed by atoms with Gasteiger partial charge < -0.3 is 29.6 Å². The van der Waals surface area contributed by atoms with Crippen molar-refractivity contribution in [3.63, 3.8) is 0 Å². The molecule has 0 unspecified atom stereocenters. The number of urea groups is 1. The summed E-state index contributed by atoms with van der Waals surface area (Å²) < 4.78 is 36.2. The van der Waals surface area contributed by atoms with Gasteiger partial charge in [-0.05, 0) is 61.6 Å². The fourth-order valence-electron chi connectivity index (χ4n) is 3.66. The zero-order valence-corrected chi connectivity index (χ0v) is 19.9. The maximum atomic E-state index is 12.8. The summed E-state index contributed by atoms with van der Waals surface area (Å²) in [4.78, 5) is 19.0. The molecule has 0 bridgehead atoms. The number of rotatable bonds is 10. The number of nitrogens with one attached hydrogen (secondary N) is 4.